The number of nitrogens with one attached hydrogen (secondary N) is 1. The quantitative estimate of drug-likeness (QED) is 0.884. The number of hydrogen-bond acceptors (Lipinski definition) is 3. The van der Waals surface area contributed by atoms with Crippen LogP contribution in [0, 0.1) is 6.92 Å². The summed E-state index contributed by atoms with van der Waals surface area (Å²) in [5, 5.41) is 6.50. The molecule has 0 aliphatic carbocycles. The highest BCUT2D eigenvalue weighted by Crippen LogP contribution is 2.39. The summed E-state index contributed by atoms with van der Waals surface area (Å²) in [4.78, 5) is 0. The van der Waals surface area contributed by atoms with Gasteiger partial charge < -0.3 is 10.5 Å². The van der Waals surface area contributed by atoms with Crippen molar-refractivity contribution in [2.45, 2.75) is 13.3 Å². The topological polar surface area (TPSA) is 63.9 Å². The summed E-state index contributed by atoms with van der Waals surface area (Å²) >= 11 is 0. The second kappa shape index (κ2) is 4.64. The summed E-state index contributed by atoms with van der Waals surface area (Å²) in [5.41, 5.74) is 7.30. The Morgan fingerprint density at radius 3 is 2.61 bits per heavy atom. The van der Waals surface area contributed by atoms with Crippen molar-refractivity contribution in [3.8, 4) is 17.0 Å². The van der Waals surface area contributed by atoms with E-state index in [9.17, 15) is 8.78 Å². The Morgan fingerprint density at radius 1 is 1.39 bits per heavy atom. The van der Waals surface area contributed by atoms with E-state index in [1.165, 1.54) is 13.2 Å². The van der Waals surface area contributed by atoms with Gasteiger partial charge in [0.2, 0.25) is 0 Å². The van der Waals surface area contributed by atoms with Crippen molar-refractivity contribution in [3.05, 3.63) is 29.3 Å². The van der Waals surface area contributed by atoms with Crippen molar-refractivity contribution >= 4 is 5.82 Å². The number of aryl methyl sites for hydroxylation is 1. The van der Waals surface area contributed by atoms with Gasteiger partial charge in [-0.1, -0.05) is 6.07 Å². The van der Waals surface area contributed by atoms with Crippen LogP contribution in [0.2, 0.25) is 0 Å². The molecule has 0 fully saturated rings. The molecule has 1 aromatic carbocycles. The average Bonchev–Trinajstić information content (AvgIpc) is 2.74. The lowest BCUT2D eigenvalue weighted by Gasteiger charge is -2.14. The first-order valence-electron chi connectivity index (χ1n) is 5.31. The monoisotopic (exact) mass is 253 g/mol. The lowest BCUT2D eigenvalue weighted by Crippen LogP contribution is -1.98. The zero-order valence-corrected chi connectivity index (χ0v) is 10.00. The van der Waals surface area contributed by atoms with Gasteiger partial charge in [0.25, 0.3) is 6.43 Å². The van der Waals surface area contributed by atoms with E-state index in [4.69, 9.17) is 10.5 Å². The van der Waals surface area contributed by atoms with Gasteiger partial charge in [0.1, 0.15) is 11.6 Å². The molecular formula is C12H13F2N3O. The summed E-state index contributed by atoms with van der Waals surface area (Å²) in [6, 6.07) is 4.57. The molecule has 4 nitrogen and oxygen atoms in total. The molecular weight excluding hydrogens is 240 g/mol. The van der Waals surface area contributed by atoms with Crippen molar-refractivity contribution in [1.82, 2.24) is 10.2 Å². The molecule has 0 atom stereocenters. The third kappa shape index (κ3) is 2.01. The predicted molar refractivity (Wildman–Crippen MR) is 64.7 cm³/mol. The van der Waals surface area contributed by atoms with Crippen LogP contribution in [0.5, 0.6) is 5.75 Å². The molecule has 0 aliphatic rings. The van der Waals surface area contributed by atoms with Crippen LogP contribution in [0.1, 0.15) is 17.6 Å². The maximum absolute atomic E-state index is 12.9. The van der Waals surface area contributed by atoms with Crippen molar-refractivity contribution in [1.29, 1.82) is 0 Å². The molecule has 0 radical (unpaired) electrons. The molecule has 18 heavy (non-hydrogen) atoms. The number of nitrogens with two attached hydrogens (primary N) is 1. The normalized spacial score (nSPS) is 10.9. The summed E-state index contributed by atoms with van der Waals surface area (Å²) < 4.78 is 30.9. The summed E-state index contributed by atoms with van der Waals surface area (Å²) in [7, 11) is 1.36. The van der Waals surface area contributed by atoms with Crippen molar-refractivity contribution in [2.24, 2.45) is 0 Å². The number of nitrogen functional groups attached to an aromatic ring is 1. The third-order valence-electron chi connectivity index (χ3n) is 2.70. The number of aromatic amines is 1. The highest BCUT2D eigenvalue weighted by atomic mass is 19.3. The fourth-order valence-electron chi connectivity index (χ4n) is 1.89. The third-order valence-corrected chi connectivity index (χ3v) is 2.70. The smallest absolute Gasteiger partial charge is 0.267 e. The Bertz CT molecular complexity index is 566. The Labute approximate surface area is 103 Å². The van der Waals surface area contributed by atoms with E-state index in [-0.39, 0.29) is 11.3 Å². The molecule has 0 saturated carbocycles. The SMILES string of the molecule is COc1c(C(F)F)ccc(C)c1-c1cc(N)n[nH]1. The number of methoxy groups -OCH3 is 1. The summed E-state index contributed by atoms with van der Waals surface area (Å²) in [5.74, 6) is 0.447. The van der Waals surface area contributed by atoms with Gasteiger partial charge in [0.15, 0.2) is 0 Å². The Hall–Kier alpha value is -2.11. The molecule has 0 bridgehead atoms. The number of rotatable bonds is 3. The van der Waals surface area contributed by atoms with Gasteiger partial charge in [-0.05, 0) is 18.6 Å². The minimum Gasteiger partial charge on any atom is -0.496 e. The molecule has 0 amide bonds. The summed E-state index contributed by atoms with van der Waals surface area (Å²) in [6.45, 7) is 1.81. The fraction of sp³-hybridized carbons (Fsp3) is 0.250. The van der Waals surface area contributed by atoms with Gasteiger partial charge >= 0.3 is 0 Å². The van der Waals surface area contributed by atoms with Gasteiger partial charge in [-0.3, -0.25) is 5.10 Å². The van der Waals surface area contributed by atoms with Crippen LogP contribution in [-0.4, -0.2) is 17.3 Å². The molecule has 2 rings (SSSR count). The molecule has 3 N–H and O–H groups in total. The molecule has 0 spiro atoms. The van der Waals surface area contributed by atoms with Crippen molar-refractivity contribution < 1.29 is 13.5 Å². The van der Waals surface area contributed by atoms with Crippen LogP contribution in [-0.2, 0) is 0 Å². The van der Waals surface area contributed by atoms with Crippen LogP contribution in [0.4, 0.5) is 14.6 Å². The number of H-pyrrole nitrogens is 1. The minimum absolute atomic E-state index is 0.147. The summed E-state index contributed by atoms with van der Waals surface area (Å²) in [6.07, 6.45) is -2.60. The van der Waals surface area contributed by atoms with E-state index in [1.807, 2.05) is 6.92 Å². The molecule has 96 valence electrons. The second-order valence-electron chi connectivity index (χ2n) is 3.89. The van der Waals surface area contributed by atoms with Gasteiger partial charge in [0, 0.05) is 11.6 Å². The lowest BCUT2D eigenvalue weighted by atomic mass is 10.0. The number of benzene rings is 1. The van der Waals surface area contributed by atoms with E-state index in [0.717, 1.165) is 5.56 Å². The van der Waals surface area contributed by atoms with Crippen molar-refractivity contribution in [3.63, 3.8) is 0 Å². The van der Waals surface area contributed by atoms with Gasteiger partial charge in [-0.2, -0.15) is 5.10 Å². The Balaban J connectivity index is 2.68. The van der Waals surface area contributed by atoms with E-state index < -0.39 is 6.43 Å². The maximum Gasteiger partial charge on any atom is 0.267 e. The van der Waals surface area contributed by atoms with Gasteiger partial charge in [-0.25, -0.2) is 8.78 Å². The Morgan fingerprint density at radius 2 is 2.11 bits per heavy atom. The highest BCUT2D eigenvalue weighted by molar-refractivity contribution is 5.74. The number of hydrogen-bond donors (Lipinski definition) is 2. The zero-order valence-electron chi connectivity index (χ0n) is 10.00. The molecule has 2 aromatic rings. The van der Waals surface area contributed by atoms with E-state index in [2.05, 4.69) is 10.2 Å². The molecule has 6 heteroatoms. The predicted octanol–water partition coefficient (Wildman–Crippen LogP) is 2.91. The molecule has 0 aliphatic heterocycles. The molecule has 0 saturated heterocycles. The van der Waals surface area contributed by atoms with Crippen LogP contribution < -0.4 is 10.5 Å². The maximum atomic E-state index is 12.9. The first-order chi connectivity index (χ1) is 8.54. The number of halogens is 2. The van der Waals surface area contributed by atoms with E-state index in [1.54, 1.807) is 12.1 Å². The van der Waals surface area contributed by atoms with Crippen LogP contribution >= 0.6 is 0 Å². The van der Waals surface area contributed by atoms with Crippen LogP contribution in [0.25, 0.3) is 11.3 Å². The number of nitrogens with zero attached hydrogens (tertiary/aromatic N) is 1. The van der Waals surface area contributed by atoms with Gasteiger partial charge in [0.05, 0.1) is 18.4 Å². The van der Waals surface area contributed by atoms with E-state index in [0.29, 0.717) is 17.1 Å². The number of anilines is 1. The molecule has 1 aromatic heterocycles. The second-order valence-corrected chi connectivity index (χ2v) is 3.89. The first kappa shape index (κ1) is 12.3. The molecule has 1 heterocycles. The van der Waals surface area contributed by atoms with Gasteiger partial charge in [-0.15, -0.1) is 0 Å². The first-order valence-corrected chi connectivity index (χ1v) is 5.31. The average molecular weight is 253 g/mol. The van der Waals surface area contributed by atoms with Crippen LogP contribution in [0.3, 0.4) is 0 Å². The number of ether oxygens (including phenoxy) is 1. The number of aromatic nitrogens is 2. The zero-order chi connectivity index (χ0) is 13.3. The minimum atomic E-state index is -2.60. The van der Waals surface area contributed by atoms with Crippen LogP contribution in [0.15, 0.2) is 18.2 Å². The molecule has 0 unspecified atom stereocenters. The van der Waals surface area contributed by atoms with E-state index >= 15 is 0 Å². The lowest BCUT2D eigenvalue weighted by molar-refractivity contribution is 0.147. The standard InChI is InChI=1S/C12H13F2N3O/c1-6-3-4-7(12(13)14)11(18-2)10(6)8-5-9(15)17-16-8/h3-5,12H,1-2H3,(H3,15,16,17). The highest BCUT2D eigenvalue weighted by Gasteiger charge is 2.20. The fourth-order valence-corrected chi connectivity index (χ4v) is 1.89. The van der Waals surface area contributed by atoms with Crippen molar-refractivity contribution in [2.75, 3.05) is 12.8 Å². The Kier molecular flexibility index (Phi) is 3.18. The largest absolute Gasteiger partial charge is 0.496 e. The number of alkyl halides is 2.